The van der Waals surface area contributed by atoms with Crippen molar-refractivity contribution in [1.82, 2.24) is 9.29 Å². The maximum Gasteiger partial charge on any atom is 0.410 e. The molecule has 2 amide bonds. The van der Waals surface area contributed by atoms with Crippen molar-refractivity contribution in [2.45, 2.75) is 44.0 Å². The zero-order chi connectivity index (χ0) is 43.9. The van der Waals surface area contributed by atoms with Gasteiger partial charge in [0.2, 0.25) is 5.91 Å². The standard InChI is InChI=1S/C48H40F3N3O7S/c1-2-43(48(49,50)51)62(58,59)53-47(57)36-19-11-20-37(27-36)52-44(55)21-12-26-54-41-25-24-39(60-30-32-13-5-3-6-14-32)29-40(41)45(46(56)34-16-7-4-8-17-34)42(54)31-61-38-23-22-33-15-9-10-18-35(33)28-38/h2-11,13-20,22-25,27-29,43H,1,12,21,26,30-31H2,(H,52,55)(H,53,57). The van der Waals surface area contributed by atoms with Crippen molar-refractivity contribution in [3.8, 4) is 11.5 Å². The minimum atomic E-state index is -5.21. The topological polar surface area (TPSA) is 133 Å². The SMILES string of the molecule is C=CC(C(F)(F)F)S(=O)(=O)NC(=O)c1cccc(NC(=O)CCCn2c(COc3ccc4ccccc4c3)c(C(=O)c3ccccc3)c3cc(OCc4ccccc4)ccc32)c1. The van der Waals surface area contributed by atoms with Crippen LogP contribution < -0.4 is 19.5 Å². The number of carbonyl (C=O) groups excluding carboxylic acids is 3. The van der Waals surface area contributed by atoms with Crippen LogP contribution in [0.3, 0.4) is 0 Å². The normalized spacial score (nSPS) is 12.1. The van der Waals surface area contributed by atoms with Crippen LogP contribution in [-0.4, -0.2) is 42.0 Å². The summed E-state index contributed by atoms with van der Waals surface area (Å²) in [6.07, 6.45) is -4.75. The minimum Gasteiger partial charge on any atom is -0.489 e. The summed E-state index contributed by atoms with van der Waals surface area (Å²) in [6, 6.07) is 42.9. The van der Waals surface area contributed by atoms with Crippen LogP contribution in [0.1, 0.15) is 50.4 Å². The number of nitrogens with one attached hydrogen (secondary N) is 2. The number of rotatable bonds is 17. The second kappa shape index (κ2) is 18.6. The number of aromatic nitrogens is 1. The summed E-state index contributed by atoms with van der Waals surface area (Å²) in [5.74, 6) is -0.846. The number of nitrogens with zero attached hydrogens (tertiary/aromatic N) is 1. The van der Waals surface area contributed by atoms with Gasteiger partial charge in [0.05, 0.1) is 11.3 Å². The third-order valence-corrected chi connectivity index (χ3v) is 11.6. The first-order valence-corrected chi connectivity index (χ1v) is 21.0. The van der Waals surface area contributed by atoms with E-state index in [0.717, 1.165) is 22.4 Å². The highest BCUT2D eigenvalue weighted by atomic mass is 32.2. The molecule has 0 spiro atoms. The lowest BCUT2D eigenvalue weighted by Gasteiger charge is -2.17. The summed E-state index contributed by atoms with van der Waals surface area (Å²) in [5.41, 5.74) is 2.99. The van der Waals surface area contributed by atoms with Gasteiger partial charge in [-0.1, -0.05) is 103 Å². The Hall–Kier alpha value is -7.19. The number of ether oxygens (including phenoxy) is 2. The van der Waals surface area contributed by atoms with E-state index in [0.29, 0.717) is 45.8 Å². The number of hydrogen-bond acceptors (Lipinski definition) is 7. The number of halogens is 3. The molecule has 6 aromatic carbocycles. The van der Waals surface area contributed by atoms with Crippen LogP contribution in [0.5, 0.6) is 11.5 Å². The molecular formula is C48H40F3N3O7S. The number of ketones is 1. The molecule has 0 saturated heterocycles. The van der Waals surface area contributed by atoms with Crippen LogP contribution in [0.4, 0.5) is 18.9 Å². The van der Waals surface area contributed by atoms with E-state index in [1.807, 2.05) is 102 Å². The number of amides is 2. The first-order valence-electron chi connectivity index (χ1n) is 19.5. The Morgan fingerprint density at radius 1 is 0.726 bits per heavy atom. The monoisotopic (exact) mass is 859 g/mol. The first kappa shape index (κ1) is 42.9. The van der Waals surface area contributed by atoms with E-state index < -0.39 is 33.3 Å². The van der Waals surface area contributed by atoms with E-state index in [-0.39, 0.29) is 49.1 Å². The average Bonchev–Trinajstić information content (AvgIpc) is 3.56. The summed E-state index contributed by atoms with van der Waals surface area (Å²) in [4.78, 5) is 40.5. The molecule has 7 rings (SSSR count). The first-order chi connectivity index (χ1) is 29.8. The predicted molar refractivity (Wildman–Crippen MR) is 232 cm³/mol. The van der Waals surface area contributed by atoms with Crippen molar-refractivity contribution in [2.24, 2.45) is 0 Å². The van der Waals surface area contributed by atoms with Crippen LogP contribution in [0.2, 0.25) is 0 Å². The van der Waals surface area contributed by atoms with Gasteiger partial charge in [0.25, 0.3) is 15.9 Å². The van der Waals surface area contributed by atoms with Crippen molar-refractivity contribution in [2.75, 3.05) is 5.32 Å². The molecule has 1 aromatic heterocycles. The maximum absolute atomic E-state index is 14.5. The Morgan fingerprint density at radius 2 is 1.37 bits per heavy atom. The molecule has 0 aliphatic carbocycles. The molecule has 0 saturated carbocycles. The zero-order valence-electron chi connectivity index (χ0n) is 33.1. The fourth-order valence-electron chi connectivity index (χ4n) is 7.07. The van der Waals surface area contributed by atoms with E-state index in [1.165, 1.54) is 22.9 Å². The van der Waals surface area contributed by atoms with E-state index in [9.17, 15) is 36.0 Å². The third kappa shape index (κ3) is 10.0. The van der Waals surface area contributed by atoms with Crippen LogP contribution >= 0.6 is 0 Å². The van der Waals surface area contributed by atoms with Gasteiger partial charge in [-0.15, -0.1) is 6.58 Å². The van der Waals surface area contributed by atoms with Crippen LogP contribution in [-0.2, 0) is 34.6 Å². The lowest BCUT2D eigenvalue weighted by atomic mass is 10.00. The average molecular weight is 860 g/mol. The molecule has 0 aliphatic rings. The molecule has 10 nitrogen and oxygen atoms in total. The highest BCUT2D eigenvalue weighted by Gasteiger charge is 2.47. The van der Waals surface area contributed by atoms with Gasteiger partial charge in [-0.05, 0) is 71.3 Å². The summed E-state index contributed by atoms with van der Waals surface area (Å²) in [6.45, 7) is 3.52. The summed E-state index contributed by atoms with van der Waals surface area (Å²) >= 11 is 0. The van der Waals surface area contributed by atoms with Crippen molar-refractivity contribution in [3.05, 3.63) is 186 Å². The fourth-order valence-corrected chi connectivity index (χ4v) is 8.17. The number of benzene rings is 6. The van der Waals surface area contributed by atoms with Gasteiger partial charge in [-0.2, -0.15) is 13.2 Å². The second-order valence-corrected chi connectivity index (χ2v) is 16.1. The quantitative estimate of drug-likeness (QED) is 0.0689. The molecule has 0 bridgehead atoms. The molecule has 2 N–H and O–H groups in total. The molecule has 1 heterocycles. The Bertz CT molecular complexity index is 2880. The highest BCUT2D eigenvalue weighted by Crippen LogP contribution is 2.34. The number of fused-ring (bicyclic) bond motifs is 2. The third-order valence-electron chi connectivity index (χ3n) is 10.1. The molecule has 0 fully saturated rings. The second-order valence-electron chi connectivity index (χ2n) is 14.3. The summed E-state index contributed by atoms with van der Waals surface area (Å²) < 4.78 is 80.5. The molecule has 1 unspecified atom stereocenters. The van der Waals surface area contributed by atoms with E-state index in [1.54, 1.807) is 24.3 Å². The van der Waals surface area contributed by atoms with Gasteiger partial charge in [-0.25, -0.2) is 13.1 Å². The fraction of sp³-hybridized carbons (Fsp3) is 0.146. The molecule has 14 heteroatoms. The Kier molecular flexibility index (Phi) is 12.9. The van der Waals surface area contributed by atoms with Crippen LogP contribution in [0.15, 0.2) is 158 Å². The molecule has 316 valence electrons. The number of carbonyl (C=O) groups is 3. The van der Waals surface area contributed by atoms with Gasteiger partial charge in [0, 0.05) is 40.7 Å². The van der Waals surface area contributed by atoms with Crippen molar-refractivity contribution in [3.63, 3.8) is 0 Å². The molecule has 1 atom stereocenters. The Balaban J connectivity index is 1.15. The van der Waals surface area contributed by atoms with Gasteiger partial charge >= 0.3 is 6.18 Å². The van der Waals surface area contributed by atoms with E-state index in [2.05, 4.69) is 11.9 Å². The van der Waals surface area contributed by atoms with Gasteiger partial charge < -0.3 is 19.4 Å². The molecule has 62 heavy (non-hydrogen) atoms. The van der Waals surface area contributed by atoms with E-state index >= 15 is 0 Å². The minimum absolute atomic E-state index is 0.00836. The number of aryl methyl sites for hydroxylation is 1. The Labute approximate surface area is 355 Å². The smallest absolute Gasteiger partial charge is 0.410 e. The molecule has 7 aromatic rings. The summed E-state index contributed by atoms with van der Waals surface area (Å²) in [7, 11) is -5.21. The summed E-state index contributed by atoms with van der Waals surface area (Å²) in [5, 5.41) is 2.32. The van der Waals surface area contributed by atoms with Gasteiger partial charge in [0.15, 0.2) is 11.0 Å². The number of sulfonamides is 1. The largest absolute Gasteiger partial charge is 0.489 e. The van der Waals surface area contributed by atoms with E-state index in [4.69, 9.17) is 9.47 Å². The lowest BCUT2D eigenvalue weighted by molar-refractivity contribution is -0.121. The Morgan fingerprint density at radius 3 is 2.10 bits per heavy atom. The van der Waals surface area contributed by atoms with Gasteiger partial charge in [-0.3, -0.25) is 14.4 Å². The van der Waals surface area contributed by atoms with Crippen LogP contribution in [0, 0.1) is 0 Å². The van der Waals surface area contributed by atoms with Crippen molar-refractivity contribution in [1.29, 1.82) is 0 Å². The van der Waals surface area contributed by atoms with Crippen molar-refractivity contribution < 1.29 is 45.4 Å². The van der Waals surface area contributed by atoms with Gasteiger partial charge in [0.1, 0.15) is 24.7 Å². The molecule has 0 aliphatic heterocycles. The number of alkyl halides is 3. The highest BCUT2D eigenvalue weighted by molar-refractivity contribution is 7.90. The number of anilines is 1. The van der Waals surface area contributed by atoms with Crippen molar-refractivity contribution >= 4 is 55.0 Å². The predicted octanol–water partition coefficient (Wildman–Crippen LogP) is 9.78. The number of hydrogen-bond donors (Lipinski definition) is 2. The van der Waals surface area contributed by atoms with Crippen LogP contribution in [0.25, 0.3) is 21.7 Å². The zero-order valence-corrected chi connectivity index (χ0v) is 33.9. The molecular weight excluding hydrogens is 820 g/mol. The lowest BCUT2D eigenvalue weighted by Crippen LogP contribution is -2.44. The maximum atomic E-state index is 14.5. The molecule has 0 radical (unpaired) electrons.